The van der Waals surface area contributed by atoms with Crippen LogP contribution >= 0.6 is 0 Å². The van der Waals surface area contributed by atoms with Crippen LogP contribution < -0.4 is 0 Å². The molecular weight excluding hydrogens is 831 g/mol. The zero-order valence-corrected chi connectivity index (χ0v) is 36.6. The number of hydrogen-bond acceptors (Lipinski definition) is 5. The second kappa shape index (κ2) is 16.3. The fourth-order valence-corrected chi connectivity index (χ4v) is 9.91. The van der Waals surface area contributed by atoms with Crippen LogP contribution in [-0.4, -0.2) is 34.1 Å². The first kappa shape index (κ1) is 39.1. The topological polar surface area (TPSA) is 74.3 Å². The maximum atomic E-state index is 5.14. The van der Waals surface area contributed by atoms with Gasteiger partial charge in [-0.2, -0.15) is 0 Å². The van der Waals surface area contributed by atoms with Gasteiger partial charge in [0.15, 0.2) is 17.5 Å². The molecule has 13 rings (SSSR count). The van der Waals surface area contributed by atoms with Crippen LogP contribution in [0.4, 0.5) is 0 Å². The van der Waals surface area contributed by atoms with E-state index in [2.05, 4.69) is 191 Å². The molecule has 13 aromatic rings. The summed E-state index contributed by atoms with van der Waals surface area (Å²) in [5, 5.41) is 4.54. The summed E-state index contributed by atoms with van der Waals surface area (Å²) < 4.78 is 4.67. The number of fused-ring (bicyclic) bond motifs is 7. The van der Waals surface area contributed by atoms with Gasteiger partial charge in [0.05, 0.1) is 22.1 Å². The monoisotopic (exact) mass is 869 g/mol. The Kier molecular flexibility index (Phi) is 9.35. The molecule has 68 heavy (non-hydrogen) atoms. The number of aromatic nitrogens is 7. The molecule has 0 aliphatic carbocycles. The van der Waals surface area contributed by atoms with Crippen molar-refractivity contribution in [2.24, 2.45) is 0 Å². The van der Waals surface area contributed by atoms with E-state index in [1.165, 1.54) is 5.56 Å². The van der Waals surface area contributed by atoms with Gasteiger partial charge in [0, 0.05) is 67.4 Å². The first-order chi connectivity index (χ1) is 33.8. The molecule has 0 fully saturated rings. The van der Waals surface area contributed by atoms with Gasteiger partial charge in [0.25, 0.3) is 0 Å². The second-order valence-electron chi connectivity index (χ2n) is 16.8. The van der Waals surface area contributed by atoms with Crippen molar-refractivity contribution < 1.29 is 0 Å². The molecule has 0 N–H and O–H groups in total. The molecule has 0 spiro atoms. The lowest BCUT2D eigenvalue weighted by Gasteiger charge is -2.18. The predicted octanol–water partition coefficient (Wildman–Crippen LogP) is 14.9. The van der Waals surface area contributed by atoms with E-state index in [0.717, 1.165) is 93.8 Å². The largest absolute Gasteiger partial charge is 0.307 e. The molecule has 0 aliphatic rings. The number of rotatable bonds is 8. The minimum atomic E-state index is 0.595. The smallest absolute Gasteiger partial charge is 0.234 e. The van der Waals surface area contributed by atoms with Crippen LogP contribution in [0.2, 0.25) is 0 Å². The van der Waals surface area contributed by atoms with Gasteiger partial charge in [-0.05, 0) is 64.7 Å². The summed E-state index contributed by atoms with van der Waals surface area (Å²) >= 11 is 0. The Morgan fingerprint density at radius 3 is 1.13 bits per heavy atom. The molecule has 0 aliphatic heterocycles. The third-order valence-corrected chi connectivity index (χ3v) is 12.9. The van der Waals surface area contributed by atoms with Crippen molar-refractivity contribution in [1.29, 1.82) is 0 Å². The molecule has 7 nitrogen and oxygen atoms in total. The van der Waals surface area contributed by atoms with E-state index in [0.29, 0.717) is 23.4 Å². The van der Waals surface area contributed by atoms with Crippen molar-refractivity contribution in [1.82, 2.24) is 34.1 Å². The quantitative estimate of drug-likeness (QED) is 0.152. The van der Waals surface area contributed by atoms with Crippen LogP contribution in [0.3, 0.4) is 0 Å². The Balaban J connectivity index is 1.08. The second-order valence-corrected chi connectivity index (χ2v) is 16.8. The van der Waals surface area contributed by atoms with Crippen molar-refractivity contribution in [2.75, 3.05) is 0 Å². The van der Waals surface area contributed by atoms with Gasteiger partial charge in [0.1, 0.15) is 0 Å². The average molecular weight is 870 g/mol. The minimum absolute atomic E-state index is 0.595. The van der Waals surface area contributed by atoms with E-state index in [4.69, 9.17) is 24.9 Å². The Hall–Kier alpha value is -9.33. The molecule has 0 saturated carbocycles. The molecule has 318 valence electrons. The summed E-state index contributed by atoms with van der Waals surface area (Å²) in [5.74, 6) is 2.43. The van der Waals surface area contributed by atoms with E-state index < -0.39 is 0 Å². The van der Waals surface area contributed by atoms with E-state index in [9.17, 15) is 0 Å². The minimum Gasteiger partial charge on any atom is -0.307 e. The maximum absolute atomic E-state index is 5.14. The molecule has 0 radical (unpaired) electrons. The third kappa shape index (κ3) is 6.48. The first-order valence-corrected chi connectivity index (χ1v) is 22.8. The molecule has 4 heterocycles. The van der Waals surface area contributed by atoms with E-state index in [-0.39, 0.29) is 0 Å². The fraction of sp³-hybridized carbons (Fsp3) is 0. The number of para-hydroxylation sites is 2. The summed E-state index contributed by atoms with van der Waals surface area (Å²) in [7, 11) is 0. The lowest BCUT2D eigenvalue weighted by atomic mass is 9.87. The van der Waals surface area contributed by atoms with E-state index >= 15 is 0 Å². The molecule has 0 bridgehead atoms. The molecular formula is C61H39N7. The number of hydrogen-bond donors (Lipinski definition) is 0. The van der Waals surface area contributed by atoms with E-state index in [1.54, 1.807) is 0 Å². The zero-order chi connectivity index (χ0) is 45.0. The molecule has 0 atom stereocenters. The number of benzene rings is 9. The lowest BCUT2D eigenvalue weighted by Crippen LogP contribution is -2.03. The molecule has 4 aromatic heterocycles. The summed E-state index contributed by atoms with van der Waals surface area (Å²) in [6.45, 7) is 0. The van der Waals surface area contributed by atoms with Crippen LogP contribution in [0, 0.1) is 0 Å². The third-order valence-electron chi connectivity index (χ3n) is 12.9. The highest BCUT2D eigenvalue weighted by molar-refractivity contribution is 6.33. The molecule has 0 unspecified atom stereocenters. The summed E-state index contributed by atoms with van der Waals surface area (Å²) in [6.07, 6.45) is 3.64. The van der Waals surface area contributed by atoms with Gasteiger partial charge in [-0.15, -0.1) is 0 Å². The van der Waals surface area contributed by atoms with Crippen LogP contribution in [0.25, 0.3) is 123 Å². The Labute approximate surface area is 392 Å². The Morgan fingerprint density at radius 1 is 0.279 bits per heavy atom. The lowest BCUT2D eigenvalue weighted by molar-refractivity contribution is 0.988. The molecule has 0 amide bonds. The van der Waals surface area contributed by atoms with Gasteiger partial charge < -0.3 is 4.57 Å². The standard InChI is InChI=1S/C61H39N7/c1-5-18-40(19-6-1)41-30-32-45(33-31-41)59-64-58(44-24-11-4-12-25-44)65-60(66-59)46-34-36-47(37-35-46)67-50-28-15-13-26-48(50)54-52(42-20-7-2-8-21-42)53(43-22-9-3-10-23-43)55-49-27-14-16-29-51(49)68(57(55)56(54)67)61-62-38-17-39-63-61/h1-39H. The highest BCUT2D eigenvalue weighted by atomic mass is 15.2. The van der Waals surface area contributed by atoms with Crippen molar-refractivity contribution in [3.63, 3.8) is 0 Å². The Morgan fingerprint density at radius 2 is 0.632 bits per heavy atom. The van der Waals surface area contributed by atoms with Crippen molar-refractivity contribution in [3.8, 4) is 79.2 Å². The molecule has 9 aromatic carbocycles. The van der Waals surface area contributed by atoms with Gasteiger partial charge in [-0.1, -0.05) is 182 Å². The van der Waals surface area contributed by atoms with Gasteiger partial charge >= 0.3 is 0 Å². The van der Waals surface area contributed by atoms with Crippen molar-refractivity contribution >= 4 is 43.6 Å². The van der Waals surface area contributed by atoms with Gasteiger partial charge in [-0.3, -0.25) is 4.57 Å². The fourth-order valence-electron chi connectivity index (χ4n) is 9.91. The van der Waals surface area contributed by atoms with Crippen LogP contribution in [0.15, 0.2) is 237 Å². The highest BCUT2D eigenvalue weighted by Gasteiger charge is 2.29. The maximum Gasteiger partial charge on any atom is 0.234 e. The van der Waals surface area contributed by atoms with Crippen molar-refractivity contribution in [2.45, 2.75) is 0 Å². The van der Waals surface area contributed by atoms with Crippen LogP contribution in [0.1, 0.15) is 0 Å². The normalized spacial score (nSPS) is 11.5. The highest BCUT2D eigenvalue weighted by Crippen LogP contribution is 2.52. The summed E-state index contributed by atoms with van der Waals surface area (Å²) in [5.41, 5.74) is 14.8. The molecule has 7 heteroatoms. The van der Waals surface area contributed by atoms with Gasteiger partial charge in [0.2, 0.25) is 5.95 Å². The summed E-state index contributed by atoms with van der Waals surface area (Å²) in [6, 6.07) is 78.5. The van der Waals surface area contributed by atoms with E-state index in [1.807, 2.05) is 54.9 Å². The zero-order valence-electron chi connectivity index (χ0n) is 36.6. The van der Waals surface area contributed by atoms with Crippen LogP contribution in [0.5, 0.6) is 0 Å². The van der Waals surface area contributed by atoms with Crippen LogP contribution in [-0.2, 0) is 0 Å². The SMILES string of the molecule is c1ccc(-c2ccc(-c3nc(-c4ccccc4)nc(-c4ccc(-n5c6ccccc6c6c(-c7ccccc7)c(-c7ccccc7)c7c8ccccc8n(-c8ncccn8)c7c65)cc4)n3)cc2)cc1. The van der Waals surface area contributed by atoms with Gasteiger partial charge in [-0.25, -0.2) is 24.9 Å². The Bertz CT molecular complexity index is 3960. The predicted molar refractivity (Wildman–Crippen MR) is 277 cm³/mol. The average Bonchev–Trinajstić information content (AvgIpc) is 3.95. The van der Waals surface area contributed by atoms with Crippen molar-refractivity contribution in [3.05, 3.63) is 237 Å². The summed E-state index contributed by atoms with van der Waals surface area (Å²) in [4.78, 5) is 25.1. The first-order valence-electron chi connectivity index (χ1n) is 22.8. The molecule has 0 saturated heterocycles. The number of nitrogens with zero attached hydrogens (tertiary/aromatic N) is 7.